The van der Waals surface area contributed by atoms with Crippen molar-refractivity contribution in [3.8, 4) is 11.4 Å². The summed E-state index contributed by atoms with van der Waals surface area (Å²) in [7, 11) is 0. The first-order valence-corrected chi connectivity index (χ1v) is 9.96. The minimum Gasteiger partial charge on any atom is -0.341 e. The molecule has 1 aliphatic rings. The number of carbonyl (C=O) groups excluding carboxylic acids is 1. The molecule has 1 unspecified atom stereocenters. The summed E-state index contributed by atoms with van der Waals surface area (Å²) in [4.78, 5) is 26.7. The first-order valence-electron chi connectivity index (χ1n) is 9.96. The van der Waals surface area contributed by atoms with Gasteiger partial charge in [-0.15, -0.1) is 0 Å². The number of anilines is 2. The number of hydrogen-bond donors (Lipinski definition) is 2. The van der Waals surface area contributed by atoms with E-state index in [4.69, 9.17) is 4.99 Å². The number of para-hydroxylation sites is 1. The van der Waals surface area contributed by atoms with Gasteiger partial charge in [0, 0.05) is 22.9 Å². The van der Waals surface area contributed by atoms with Gasteiger partial charge in [-0.05, 0) is 12.1 Å². The Bertz CT molecular complexity index is 1260. The van der Waals surface area contributed by atoms with Crippen LogP contribution in [-0.4, -0.2) is 27.8 Å². The van der Waals surface area contributed by atoms with Crippen molar-refractivity contribution in [3.05, 3.63) is 108 Å². The van der Waals surface area contributed by atoms with Crippen molar-refractivity contribution >= 4 is 23.1 Å². The van der Waals surface area contributed by atoms with Crippen LogP contribution in [0.15, 0.2) is 102 Å². The zero-order valence-electron chi connectivity index (χ0n) is 16.6. The molecule has 0 bridgehead atoms. The molecule has 1 amide bonds. The van der Waals surface area contributed by atoms with Crippen LogP contribution in [0.3, 0.4) is 0 Å². The van der Waals surface area contributed by atoms with Crippen LogP contribution in [0.2, 0.25) is 0 Å². The average molecular weight is 405 g/mol. The number of fused-ring (bicyclic) bond motifs is 1. The van der Waals surface area contributed by atoms with Crippen LogP contribution in [0.4, 0.5) is 11.5 Å². The predicted molar refractivity (Wildman–Crippen MR) is 122 cm³/mol. The van der Waals surface area contributed by atoms with Gasteiger partial charge in [-0.3, -0.25) is 4.79 Å². The van der Waals surface area contributed by atoms with E-state index in [0.717, 1.165) is 28.1 Å². The lowest BCUT2D eigenvalue weighted by Crippen LogP contribution is -2.33. The maximum Gasteiger partial charge on any atom is 0.269 e. The Kier molecular flexibility index (Phi) is 4.94. The number of amides is 1. The highest BCUT2D eigenvalue weighted by Gasteiger charge is 2.26. The topological polar surface area (TPSA) is 79.3 Å². The molecular weight excluding hydrogens is 386 g/mol. The molecule has 6 nitrogen and oxygen atoms in total. The minimum atomic E-state index is -0.846. The first kappa shape index (κ1) is 18.7. The monoisotopic (exact) mass is 405 g/mol. The molecule has 1 aliphatic heterocycles. The largest absolute Gasteiger partial charge is 0.341 e. The lowest BCUT2D eigenvalue weighted by atomic mass is 10.0. The van der Waals surface area contributed by atoms with Gasteiger partial charge in [-0.25, -0.2) is 15.0 Å². The Balaban J connectivity index is 1.53. The molecule has 31 heavy (non-hydrogen) atoms. The van der Waals surface area contributed by atoms with Crippen LogP contribution in [0.1, 0.15) is 11.1 Å². The molecule has 6 heteroatoms. The van der Waals surface area contributed by atoms with E-state index in [0.29, 0.717) is 11.6 Å². The molecule has 3 aromatic carbocycles. The Labute approximate surface area is 179 Å². The van der Waals surface area contributed by atoms with Crippen LogP contribution in [-0.2, 0) is 4.79 Å². The van der Waals surface area contributed by atoms with Crippen molar-refractivity contribution < 1.29 is 4.79 Å². The standard InChI is InChI=1S/C25H19N5O/c31-25-24(29-21-15-16-26-23(28-21)18-11-5-2-6-12-18)30-22(17-9-3-1-4-10-17)19-13-7-8-14-20(19)27-25/h1-16,24H,(H,27,31)(H,26,28,29). The highest BCUT2D eigenvalue weighted by atomic mass is 16.2. The van der Waals surface area contributed by atoms with E-state index in [1.807, 2.05) is 84.9 Å². The minimum absolute atomic E-state index is 0.252. The maximum atomic E-state index is 13.0. The van der Waals surface area contributed by atoms with Gasteiger partial charge in [0.15, 0.2) is 5.82 Å². The van der Waals surface area contributed by atoms with Crippen molar-refractivity contribution in [1.29, 1.82) is 0 Å². The van der Waals surface area contributed by atoms with E-state index < -0.39 is 6.17 Å². The number of hydrogen-bond acceptors (Lipinski definition) is 5. The van der Waals surface area contributed by atoms with Crippen molar-refractivity contribution in [2.45, 2.75) is 6.17 Å². The van der Waals surface area contributed by atoms with Crippen LogP contribution in [0.5, 0.6) is 0 Å². The molecule has 1 atom stereocenters. The highest BCUT2D eigenvalue weighted by molar-refractivity contribution is 6.19. The van der Waals surface area contributed by atoms with Crippen LogP contribution in [0.25, 0.3) is 11.4 Å². The van der Waals surface area contributed by atoms with E-state index >= 15 is 0 Å². The molecule has 2 N–H and O–H groups in total. The second kappa shape index (κ2) is 8.20. The number of nitrogens with zero attached hydrogens (tertiary/aromatic N) is 3. The number of carbonyl (C=O) groups is 1. The third-order valence-corrected chi connectivity index (χ3v) is 4.97. The molecule has 1 aromatic heterocycles. The maximum absolute atomic E-state index is 13.0. The fourth-order valence-corrected chi connectivity index (χ4v) is 3.49. The Morgan fingerprint density at radius 2 is 1.45 bits per heavy atom. The van der Waals surface area contributed by atoms with E-state index in [9.17, 15) is 4.79 Å². The molecule has 0 saturated heterocycles. The zero-order valence-corrected chi connectivity index (χ0v) is 16.6. The summed E-state index contributed by atoms with van der Waals surface area (Å²) in [5, 5.41) is 6.14. The summed E-state index contributed by atoms with van der Waals surface area (Å²) in [6, 6.07) is 29.0. The van der Waals surface area contributed by atoms with E-state index in [-0.39, 0.29) is 5.91 Å². The zero-order chi connectivity index (χ0) is 21.0. The fraction of sp³-hybridized carbons (Fsp3) is 0.0400. The number of rotatable bonds is 4. The number of nitrogens with one attached hydrogen (secondary N) is 2. The van der Waals surface area contributed by atoms with Gasteiger partial charge in [0.25, 0.3) is 5.91 Å². The Morgan fingerprint density at radius 1 is 0.774 bits per heavy atom. The predicted octanol–water partition coefficient (Wildman–Crippen LogP) is 4.37. The van der Waals surface area contributed by atoms with Gasteiger partial charge in [-0.2, -0.15) is 0 Å². The molecule has 150 valence electrons. The lowest BCUT2D eigenvalue weighted by molar-refractivity contribution is -0.116. The molecule has 5 rings (SSSR count). The molecule has 2 heterocycles. The summed E-state index contributed by atoms with van der Waals surface area (Å²) in [5.41, 5.74) is 4.18. The van der Waals surface area contributed by atoms with Gasteiger partial charge in [-0.1, -0.05) is 78.9 Å². The van der Waals surface area contributed by atoms with Crippen LogP contribution < -0.4 is 10.6 Å². The number of aromatic nitrogens is 2. The van der Waals surface area contributed by atoms with Gasteiger partial charge in [0.05, 0.1) is 11.4 Å². The lowest BCUT2D eigenvalue weighted by Gasteiger charge is -2.14. The van der Waals surface area contributed by atoms with Gasteiger partial charge in [0.2, 0.25) is 6.17 Å². The Hall–Kier alpha value is -4.32. The van der Waals surface area contributed by atoms with Crippen molar-refractivity contribution in [1.82, 2.24) is 9.97 Å². The summed E-state index contributed by atoms with van der Waals surface area (Å²) in [6.07, 6.45) is 0.823. The molecule has 0 fully saturated rings. The van der Waals surface area contributed by atoms with Crippen molar-refractivity contribution in [3.63, 3.8) is 0 Å². The number of benzodiazepines with no additional fused rings is 1. The molecular formula is C25H19N5O. The second-order valence-electron chi connectivity index (χ2n) is 7.06. The van der Waals surface area contributed by atoms with Gasteiger partial charge < -0.3 is 10.6 Å². The first-order chi connectivity index (χ1) is 15.3. The quantitative estimate of drug-likeness (QED) is 0.528. The average Bonchev–Trinajstić information content (AvgIpc) is 2.97. The van der Waals surface area contributed by atoms with Crippen molar-refractivity contribution in [2.24, 2.45) is 4.99 Å². The normalized spacial score (nSPS) is 15.3. The van der Waals surface area contributed by atoms with Crippen molar-refractivity contribution in [2.75, 3.05) is 10.6 Å². The molecule has 0 saturated carbocycles. The molecule has 0 spiro atoms. The highest BCUT2D eigenvalue weighted by Crippen LogP contribution is 2.25. The van der Waals surface area contributed by atoms with E-state index in [1.54, 1.807) is 12.3 Å². The van der Waals surface area contributed by atoms with Gasteiger partial charge >= 0.3 is 0 Å². The van der Waals surface area contributed by atoms with E-state index in [1.165, 1.54) is 0 Å². The second-order valence-corrected chi connectivity index (χ2v) is 7.06. The summed E-state index contributed by atoms with van der Waals surface area (Å²) in [5.74, 6) is 0.851. The van der Waals surface area contributed by atoms with Gasteiger partial charge in [0.1, 0.15) is 5.82 Å². The third kappa shape index (κ3) is 3.91. The molecule has 0 aliphatic carbocycles. The van der Waals surface area contributed by atoms with E-state index in [2.05, 4.69) is 20.6 Å². The fourth-order valence-electron chi connectivity index (χ4n) is 3.49. The summed E-state index contributed by atoms with van der Waals surface area (Å²) < 4.78 is 0. The summed E-state index contributed by atoms with van der Waals surface area (Å²) >= 11 is 0. The Morgan fingerprint density at radius 3 is 2.23 bits per heavy atom. The SMILES string of the molecule is O=C1Nc2ccccc2C(c2ccccc2)=NC1Nc1ccnc(-c2ccccc2)n1. The molecule has 0 radical (unpaired) electrons. The molecule has 4 aromatic rings. The summed E-state index contributed by atoms with van der Waals surface area (Å²) in [6.45, 7) is 0. The third-order valence-electron chi connectivity index (χ3n) is 4.97. The van der Waals surface area contributed by atoms with Crippen LogP contribution >= 0.6 is 0 Å². The number of aliphatic imine (C=N–C) groups is 1. The smallest absolute Gasteiger partial charge is 0.269 e. The number of benzene rings is 3. The van der Waals surface area contributed by atoms with Crippen LogP contribution in [0, 0.1) is 0 Å².